The highest BCUT2D eigenvalue weighted by molar-refractivity contribution is 5.97. The standard InChI is InChI=1S/C111H98/c1-11-107(12-2)97-28-24-23-27-87(97)88-50-42-81(63-98(88)107)82-43-54-95-96-56-47-86(68-106(96)111(19-9,20-10)105(95)64-82)84-45-53-93-90-49-40-79(61-100(90)109(15-5,16-6)103(93)66-84)71-31-29-70(30-32-71)78-39-48-89-92-52-44-83(65-102(92)108(13-3,14-4)99(89)60-78)85-46-55-94-91-51-41-80(62-101(91)110(17-7,18-8)104(94)67-85)77-38-37-75-58-74(35-36-76(75)59-77)73-34-33-69-25-21-22-26-72(69)57-73/h21-68H,11-20H2,1-10H3. The number of rotatable bonds is 17. The molecule has 15 aromatic carbocycles. The van der Waals surface area contributed by atoms with Crippen molar-refractivity contribution in [1.29, 1.82) is 0 Å². The highest BCUT2D eigenvalue weighted by atomic mass is 14.5. The largest absolute Gasteiger partial charge is 0.0642 e. The van der Waals surface area contributed by atoms with Crippen LogP contribution in [0.1, 0.15) is 189 Å². The minimum absolute atomic E-state index is 0.0433. The Balaban J connectivity index is 0.556. The topological polar surface area (TPSA) is 0 Å². The molecule has 111 heavy (non-hydrogen) atoms. The van der Waals surface area contributed by atoms with Crippen LogP contribution in [-0.4, -0.2) is 0 Å². The Kier molecular flexibility index (Phi) is 16.2. The van der Waals surface area contributed by atoms with Crippen LogP contribution in [0.3, 0.4) is 0 Å². The molecule has 0 atom stereocenters. The Bertz CT molecular complexity index is 6340. The van der Waals surface area contributed by atoms with Crippen LogP contribution in [0.15, 0.2) is 291 Å². The summed E-state index contributed by atoms with van der Waals surface area (Å²) < 4.78 is 0. The van der Waals surface area contributed by atoms with Gasteiger partial charge in [0.1, 0.15) is 0 Å². The minimum Gasteiger partial charge on any atom is -0.0642 e. The maximum atomic E-state index is 2.58. The van der Waals surface area contributed by atoms with Crippen molar-refractivity contribution < 1.29 is 0 Å². The van der Waals surface area contributed by atoms with Crippen molar-refractivity contribution in [1.82, 2.24) is 0 Å². The van der Waals surface area contributed by atoms with Gasteiger partial charge in [0.15, 0.2) is 0 Å². The van der Waals surface area contributed by atoms with E-state index >= 15 is 0 Å². The summed E-state index contributed by atoms with van der Waals surface area (Å²) in [5.41, 5.74) is 46.4. The van der Waals surface area contributed by atoms with Crippen molar-refractivity contribution in [2.45, 2.75) is 161 Å². The molecule has 0 saturated heterocycles. The van der Waals surface area contributed by atoms with E-state index in [1.807, 2.05) is 0 Å². The number of hydrogen-bond acceptors (Lipinski definition) is 0. The summed E-state index contributed by atoms with van der Waals surface area (Å²) in [6, 6.07) is 115. The monoisotopic (exact) mass is 1430 g/mol. The molecule has 542 valence electrons. The van der Waals surface area contributed by atoms with Crippen molar-refractivity contribution in [2.75, 3.05) is 0 Å². The Morgan fingerprint density at radius 3 is 0.550 bits per heavy atom. The number of benzene rings is 15. The molecule has 20 rings (SSSR count). The van der Waals surface area contributed by atoms with Crippen LogP contribution in [0.2, 0.25) is 0 Å². The summed E-state index contributed by atoms with van der Waals surface area (Å²) in [6.07, 6.45) is 10.5. The molecule has 0 nitrogen and oxygen atoms in total. The molecule has 0 amide bonds. The van der Waals surface area contributed by atoms with Gasteiger partial charge in [-0.05, 0) is 348 Å². The van der Waals surface area contributed by atoms with Crippen molar-refractivity contribution >= 4 is 21.5 Å². The van der Waals surface area contributed by atoms with Crippen LogP contribution in [0, 0.1) is 0 Å². The van der Waals surface area contributed by atoms with E-state index in [1.165, 1.54) is 211 Å². The van der Waals surface area contributed by atoms with Crippen LogP contribution in [-0.2, 0) is 27.1 Å². The fourth-order valence-corrected chi connectivity index (χ4v) is 22.9. The van der Waals surface area contributed by atoms with E-state index in [1.54, 1.807) is 0 Å². The maximum absolute atomic E-state index is 2.58. The van der Waals surface area contributed by atoms with E-state index in [2.05, 4.69) is 360 Å². The molecular weight excluding hydrogens is 1330 g/mol. The third kappa shape index (κ3) is 9.84. The van der Waals surface area contributed by atoms with Gasteiger partial charge in [-0.25, -0.2) is 0 Å². The van der Waals surface area contributed by atoms with Crippen LogP contribution in [0.5, 0.6) is 0 Å². The highest BCUT2D eigenvalue weighted by Gasteiger charge is 2.47. The number of fused-ring (bicyclic) bond motifs is 17. The Morgan fingerprint density at radius 2 is 0.297 bits per heavy atom. The Morgan fingerprint density at radius 1 is 0.135 bits per heavy atom. The first kappa shape index (κ1) is 69.0. The molecule has 0 radical (unpaired) electrons. The summed E-state index contributed by atoms with van der Waals surface area (Å²) >= 11 is 0. The van der Waals surface area contributed by atoms with Gasteiger partial charge in [-0.2, -0.15) is 0 Å². The molecule has 5 aliphatic rings. The highest BCUT2D eigenvalue weighted by Crippen LogP contribution is 2.61. The van der Waals surface area contributed by atoms with Crippen LogP contribution >= 0.6 is 0 Å². The van der Waals surface area contributed by atoms with E-state index in [9.17, 15) is 0 Å². The fourth-order valence-electron chi connectivity index (χ4n) is 22.9. The zero-order valence-electron chi connectivity index (χ0n) is 66.3. The van der Waals surface area contributed by atoms with E-state index in [4.69, 9.17) is 0 Å². The van der Waals surface area contributed by atoms with Crippen LogP contribution in [0.4, 0.5) is 0 Å². The number of hydrogen-bond donors (Lipinski definition) is 0. The molecule has 0 saturated carbocycles. The molecule has 0 fully saturated rings. The zero-order valence-corrected chi connectivity index (χ0v) is 66.3. The first-order chi connectivity index (χ1) is 54.4. The van der Waals surface area contributed by atoms with Crippen molar-refractivity contribution in [3.8, 4) is 134 Å². The second-order valence-electron chi connectivity index (χ2n) is 33.3. The van der Waals surface area contributed by atoms with Crippen molar-refractivity contribution in [2.24, 2.45) is 0 Å². The Hall–Kier alpha value is -11.2. The maximum Gasteiger partial charge on any atom is 0.0210 e. The summed E-state index contributed by atoms with van der Waals surface area (Å²) in [4.78, 5) is 0. The molecule has 0 heteroatoms. The van der Waals surface area contributed by atoms with E-state index in [0.29, 0.717) is 0 Å². The molecule has 0 aromatic heterocycles. The Labute approximate surface area is 658 Å². The minimum atomic E-state index is -0.0995. The lowest BCUT2D eigenvalue weighted by Crippen LogP contribution is -2.23. The van der Waals surface area contributed by atoms with Crippen molar-refractivity contribution in [3.05, 3.63) is 347 Å². The van der Waals surface area contributed by atoms with Gasteiger partial charge < -0.3 is 0 Å². The lowest BCUT2D eigenvalue weighted by Gasteiger charge is -2.31. The van der Waals surface area contributed by atoms with E-state index in [-0.39, 0.29) is 27.1 Å². The summed E-state index contributed by atoms with van der Waals surface area (Å²) in [5.74, 6) is 0. The third-order valence-electron chi connectivity index (χ3n) is 29.6. The molecule has 0 bridgehead atoms. The van der Waals surface area contributed by atoms with Gasteiger partial charge in [0.2, 0.25) is 0 Å². The molecule has 0 aliphatic heterocycles. The molecule has 15 aromatic rings. The second-order valence-corrected chi connectivity index (χ2v) is 33.3. The van der Waals surface area contributed by atoms with Crippen LogP contribution in [0.25, 0.3) is 155 Å². The van der Waals surface area contributed by atoms with Gasteiger partial charge in [0, 0.05) is 27.1 Å². The summed E-state index contributed by atoms with van der Waals surface area (Å²) in [6.45, 7) is 24.1. The van der Waals surface area contributed by atoms with Gasteiger partial charge in [-0.15, -0.1) is 0 Å². The molecule has 0 N–H and O–H groups in total. The van der Waals surface area contributed by atoms with Crippen LogP contribution < -0.4 is 0 Å². The third-order valence-corrected chi connectivity index (χ3v) is 29.6. The smallest absolute Gasteiger partial charge is 0.0210 e. The predicted molar refractivity (Wildman–Crippen MR) is 473 cm³/mol. The second kappa shape index (κ2) is 26.0. The summed E-state index contributed by atoms with van der Waals surface area (Å²) in [5, 5.41) is 5.07. The first-order valence-corrected chi connectivity index (χ1v) is 41.9. The van der Waals surface area contributed by atoms with E-state index < -0.39 is 0 Å². The average Bonchev–Trinajstić information content (AvgIpc) is 1.57. The van der Waals surface area contributed by atoms with Gasteiger partial charge in [-0.3, -0.25) is 0 Å². The van der Waals surface area contributed by atoms with Gasteiger partial charge in [0.25, 0.3) is 0 Å². The molecular formula is C111H98. The lowest BCUT2D eigenvalue weighted by molar-refractivity contribution is 0.490. The van der Waals surface area contributed by atoms with Gasteiger partial charge in [-0.1, -0.05) is 288 Å². The molecule has 5 aliphatic carbocycles. The molecule has 0 heterocycles. The average molecular weight is 1430 g/mol. The predicted octanol–water partition coefficient (Wildman–Crippen LogP) is 31.1. The normalized spacial score (nSPS) is 15.3. The van der Waals surface area contributed by atoms with Gasteiger partial charge >= 0.3 is 0 Å². The fraction of sp³-hybridized carbons (Fsp3) is 0.225. The lowest BCUT2D eigenvalue weighted by atomic mass is 9.72. The molecule has 0 spiro atoms. The zero-order chi connectivity index (χ0) is 75.5. The molecule has 0 unspecified atom stereocenters. The van der Waals surface area contributed by atoms with Gasteiger partial charge in [0.05, 0.1) is 0 Å². The van der Waals surface area contributed by atoms with E-state index in [0.717, 1.165) is 64.2 Å². The SMILES string of the molecule is CCC1(CC)c2ccccc2-c2ccc(-c3ccc4c(c3)C(CC)(CC)c3cc(-c5ccc6c(c5)C(CC)(CC)c5cc(-c7ccc(-c8ccc9c(c8)C(CC)(CC)c8cc(-c%10ccc%11c(c%10)C(CC)(CC)c%10cc(-c%12ccc%13cc(-c%14ccc%15ccccc%15c%14)ccc%13c%12)ccc%10-%11)ccc8-9)cc7)ccc5-6)ccc3-4)cc21. The van der Waals surface area contributed by atoms with Crippen molar-refractivity contribution in [3.63, 3.8) is 0 Å². The quantitative estimate of drug-likeness (QED) is 0.0852. The summed E-state index contributed by atoms with van der Waals surface area (Å²) in [7, 11) is 0. The first-order valence-electron chi connectivity index (χ1n) is 41.9.